The van der Waals surface area contributed by atoms with Crippen LogP contribution in [0.25, 0.3) is 0 Å². The molecule has 1 amide bonds. The normalized spacial score (nSPS) is 20.3. The topological polar surface area (TPSA) is 75.7 Å². The van der Waals surface area contributed by atoms with Crippen molar-refractivity contribution in [2.75, 3.05) is 25.5 Å². The second kappa shape index (κ2) is 8.85. The number of halogens is 1. The number of amides is 1. The van der Waals surface area contributed by atoms with E-state index in [1.807, 2.05) is 6.07 Å². The van der Waals surface area contributed by atoms with Gasteiger partial charge in [0.1, 0.15) is 5.75 Å². The van der Waals surface area contributed by atoms with E-state index < -0.39 is 15.9 Å². The maximum absolute atomic E-state index is 13.1. The lowest BCUT2D eigenvalue weighted by atomic mass is 9.94. The lowest BCUT2D eigenvalue weighted by molar-refractivity contribution is 0.102. The van der Waals surface area contributed by atoms with Crippen LogP contribution < -0.4 is 10.1 Å². The third-order valence-corrected chi connectivity index (χ3v) is 7.30. The van der Waals surface area contributed by atoms with Gasteiger partial charge >= 0.3 is 0 Å². The molecule has 2 aromatic rings. The first-order valence-corrected chi connectivity index (χ1v) is 11.7. The molecule has 2 unspecified atom stereocenters. The van der Waals surface area contributed by atoms with Gasteiger partial charge in [-0.1, -0.05) is 35.8 Å². The average Bonchev–Trinajstić information content (AvgIpc) is 2.67. The molecule has 2 atom stereocenters. The minimum Gasteiger partial charge on any atom is -0.495 e. The molecule has 2 aromatic carbocycles. The quantitative estimate of drug-likeness (QED) is 0.688. The van der Waals surface area contributed by atoms with Gasteiger partial charge in [-0.15, -0.1) is 0 Å². The summed E-state index contributed by atoms with van der Waals surface area (Å²) in [5.41, 5.74) is 0.769. The van der Waals surface area contributed by atoms with Crippen molar-refractivity contribution in [2.24, 2.45) is 11.8 Å². The number of anilines is 1. The largest absolute Gasteiger partial charge is 0.495 e. The monoisotopic (exact) mass is 480 g/mol. The van der Waals surface area contributed by atoms with Gasteiger partial charge in [-0.3, -0.25) is 4.79 Å². The molecule has 1 aliphatic heterocycles. The van der Waals surface area contributed by atoms with Crippen LogP contribution in [0.5, 0.6) is 5.75 Å². The fourth-order valence-corrected chi connectivity index (χ4v) is 5.81. The number of nitrogens with zero attached hydrogens (tertiary/aromatic N) is 1. The number of sulfonamides is 1. The standard InChI is InChI=1S/C21H25BrN2O4S/c1-14-9-15(2)13-24(12-14)29(26,27)18-6-4-5-16(10-18)21(25)23-19-11-17(22)7-8-20(19)28-3/h4-8,10-11,14-15H,9,12-13H2,1-3H3,(H,23,25). The molecule has 0 radical (unpaired) electrons. The van der Waals surface area contributed by atoms with E-state index in [0.29, 0.717) is 36.4 Å². The molecule has 1 saturated heterocycles. The van der Waals surface area contributed by atoms with Gasteiger partial charge < -0.3 is 10.1 Å². The number of piperidine rings is 1. The van der Waals surface area contributed by atoms with Crippen LogP contribution in [0, 0.1) is 11.8 Å². The molecule has 3 rings (SSSR count). The maximum Gasteiger partial charge on any atom is 0.255 e. The number of carbonyl (C=O) groups excluding carboxylic acids is 1. The number of carbonyl (C=O) groups is 1. The van der Waals surface area contributed by atoms with Crippen LogP contribution in [0.3, 0.4) is 0 Å². The van der Waals surface area contributed by atoms with E-state index in [4.69, 9.17) is 4.74 Å². The van der Waals surface area contributed by atoms with Gasteiger partial charge in [0, 0.05) is 23.1 Å². The summed E-state index contributed by atoms with van der Waals surface area (Å²) < 4.78 is 33.8. The van der Waals surface area contributed by atoms with Crippen molar-refractivity contribution in [2.45, 2.75) is 25.2 Å². The molecule has 6 nitrogen and oxygen atoms in total. The highest BCUT2D eigenvalue weighted by molar-refractivity contribution is 9.10. The highest BCUT2D eigenvalue weighted by Gasteiger charge is 2.32. The summed E-state index contributed by atoms with van der Waals surface area (Å²) in [6, 6.07) is 11.4. The number of benzene rings is 2. The summed E-state index contributed by atoms with van der Waals surface area (Å²) in [5, 5.41) is 2.79. The van der Waals surface area contributed by atoms with Gasteiger partial charge in [0.25, 0.3) is 5.91 Å². The fraction of sp³-hybridized carbons (Fsp3) is 0.381. The van der Waals surface area contributed by atoms with E-state index in [1.54, 1.807) is 24.3 Å². The fourth-order valence-electron chi connectivity index (χ4n) is 3.72. The SMILES string of the molecule is COc1ccc(Br)cc1NC(=O)c1cccc(S(=O)(=O)N2CC(C)CC(C)C2)c1. The molecular formula is C21H25BrN2O4S. The van der Waals surface area contributed by atoms with Crippen molar-refractivity contribution in [3.63, 3.8) is 0 Å². The molecule has 1 aliphatic rings. The van der Waals surface area contributed by atoms with Crippen molar-refractivity contribution in [3.8, 4) is 5.75 Å². The summed E-state index contributed by atoms with van der Waals surface area (Å²) >= 11 is 3.37. The molecule has 0 aliphatic carbocycles. The van der Waals surface area contributed by atoms with Crippen molar-refractivity contribution in [1.29, 1.82) is 0 Å². The molecule has 8 heteroatoms. The Morgan fingerprint density at radius 3 is 2.48 bits per heavy atom. The lowest BCUT2D eigenvalue weighted by Gasteiger charge is -2.34. The lowest BCUT2D eigenvalue weighted by Crippen LogP contribution is -2.42. The smallest absolute Gasteiger partial charge is 0.255 e. The van der Waals surface area contributed by atoms with Gasteiger partial charge in [0.05, 0.1) is 17.7 Å². The molecule has 156 valence electrons. The number of ether oxygens (including phenoxy) is 1. The third kappa shape index (κ3) is 4.99. The Hall–Kier alpha value is -1.90. The molecule has 0 aromatic heterocycles. The summed E-state index contributed by atoms with van der Waals surface area (Å²) in [6.45, 7) is 5.12. The molecule has 29 heavy (non-hydrogen) atoms. The highest BCUT2D eigenvalue weighted by atomic mass is 79.9. The third-order valence-electron chi connectivity index (χ3n) is 4.98. The Morgan fingerprint density at radius 2 is 1.83 bits per heavy atom. The zero-order valence-corrected chi connectivity index (χ0v) is 19.1. The maximum atomic E-state index is 13.1. The van der Waals surface area contributed by atoms with Crippen molar-refractivity contribution < 1.29 is 17.9 Å². The number of rotatable bonds is 5. The Kier molecular flexibility index (Phi) is 6.65. The predicted octanol–water partition coefficient (Wildman–Crippen LogP) is 4.38. The average molecular weight is 481 g/mol. The molecular weight excluding hydrogens is 456 g/mol. The van der Waals surface area contributed by atoms with Gasteiger partial charge in [0.2, 0.25) is 10.0 Å². The predicted molar refractivity (Wildman–Crippen MR) is 117 cm³/mol. The summed E-state index contributed by atoms with van der Waals surface area (Å²) in [5.74, 6) is 0.730. The Labute approximate surface area is 180 Å². The number of hydrogen-bond donors (Lipinski definition) is 1. The van der Waals surface area contributed by atoms with Crippen LogP contribution in [-0.2, 0) is 10.0 Å². The van der Waals surface area contributed by atoms with Crippen LogP contribution >= 0.6 is 15.9 Å². The first-order chi connectivity index (χ1) is 13.7. The Morgan fingerprint density at radius 1 is 1.14 bits per heavy atom. The van der Waals surface area contributed by atoms with Crippen molar-refractivity contribution in [1.82, 2.24) is 4.31 Å². The van der Waals surface area contributed by atoms with E-state index >= 15 is 0 Å². The van der Waals surface area contributed by atoms with Crippen LogP contribution in [0.1, 0.15) is 30.6 Å². The van der Waals surface area contributed by atoms with Gasteiger partial charge in [0.15, 0.2) is 0 Å². The van der Waals surface area contributed by atoms with Gasteiger partial charge in [-0.2, -0.15) is 4.31 Å². The molecule has 1 heterocycles. The van der Waals surface area contributed by atoms with E-state index in [0.717, 1.165) is 10.9 Å². The van der Waals surface area contributed by atoms with Crippen LogP contribution in [0.4, 0.5) is 5.69 Å². The first-order valence-electron chi connectivity index (χ1n) is 9.46. The summed E-state index contributed by atoms with van der Waals surface area (Å²) in [4.78, 5) is 12.9. The second-order valence-electron chi connectivity index (χ2n) is 7.59. The zero-order chi connectivity index (χ0) is 21.2. The van der Waals surface area contributed by atoms with Gasteiger partial charge in [-0.25, -0.2) is 8.42 Å². The van der Waals surface area contributed by atoms with E-state index in [2.05, 4.69) is 35.1 Å². The minimum atomic E-state index is -3.66. The van der Waals surface area contributed by atoms with E-state index in [9.17, 15) is 13.2 Å². The van der Waals surface area contributed by atoms with Crippen LogP contribution in [0.15, 0.2) is 51.8 Å². The molecule has 0 spiro atoms. The molecule has 1 N–H and O–H groups in total. The van der Waals surface area contributed by atoms with Crippen LogP contribution in [0.2, 0.25) is 0 Å². The molecule has 0 saturated carbocycles. The van der Waals surface area contributed by atoms with E-state index in [-0.39, 0.29) is 10.5 Å². The zero-order valence-electron chi connectivity index (χ0n) is 16.7. The van der Waals surface area contributed by atoms with Gasteiger partial charge in [-0.05, 0) is 54.7 Å². The van der Waals surface area contributed by atoms with Crippen LogP contribution in [-0.4, -0.2) is 38.8 Å². The first kappa shape index (κ1) is 21.8. The van der Waals surface area contributed by atoms with E-state index in [1.165, 1.54) is 23.5 Å². The number of nitrogens with one attached hydrogen (secondary N) is 1. The highest BCUT2D eigenvalue weighted by Crippen LogP contribution is 2.29. The van der Waals surface area contributed by atoms with Crippen molar-refractivity contribution in [3.05, 3.63) is 52.5 Å². The van der Waals surface area contributed by atoms with Crippen molar-refractivity contribution >= 4 is 37.5 Å². The second-order valence-corrected chi connectivity index (χ2v) is 10.4. The molecule has 0 bridgehead atoms. The molecule has 1 fully saturated rings. The minimum absolute atomic E-state index is 0.132. The Balaban J connectivity index is 1.86. The number of hydrogen-bond acceptors (Lipinski definition) is 4. The summed E-state index contributed by atoms with van der Waals surface area (Å²) in [6.07, 6.45) is 1.02. The summed E-state index contributed by atoms with van der Waals surface area (Å²) in [7, 11) is -2.13. The Bertz CT molecular complexity index is 999. The number of methoxy groups -OCH3 is 1.